The standard InChI is InChI=1S/C23H25BrNO3P/c1-14-7-15(2)10-18(9-14)29(26,19-11-16(3)8-17(4)12-19)20-13-21(27-5)25-23(28-6)22(20)24/h7-13H,1-6H3. The molecule has 4 nitrogen and oxygen atoms in total. The molecule has 1 heterocycles. The number of rotatable bonds is 5. The Balaban J connectivity index is 2.46. The largest absolute Gasteiger partial charge is 0.481 e. The summed E-state index contributed by atoms with van der Waals surface area (Å²) in [5.41, 5.74) is 4.25. The summed E-state index contributed by atoms with van der Waals surface area (Å²) in [4.78, 5) is 4.33. The average Bonchev–Trinajstić information content (AvgIpc) is 2.66. The molecule has 0 saturated carbocycles. The van der Waals surface area contributed by atoms with Crippen LogP contribution in [0.1, 0.15) is 22.3 Å². The van der Waals surface area contributed by atoms with E-state index < -0.39 is 7.14 Å². The van der Waals surface area contributed by atoms with Gasteiger partial charge in [-0.2, -0.15) is 4.98 Å². The molecule has 29 heavy (non-hydrogen) atoms. The van der Waals surface area contributed by atoms with Crippen LogP contribution >= 0.6 is 23.1 Å². The van der Waals surface area contributed by atoms with Crippen molar-refractivity contribution in [3.63, 3.8) is 0 Å². The maximum atomic E-state index is 15.0. The summed E-state index contributed by atoms with van der Waals surface area (Å²) in [7, 11) is -0.173. The quantitative estimate of drug-likeness (QED) is 0.502. The molecule has 0 bridgehead atoms. The van der Waals surface area contributed by atoms with Gasteiger partial charge < -0.3 is 14.0 Å². The maximum absolute atomic E-state index is 15.0. The molecule has 0 spiro atoms. The summed E-state index contributed by atoms with van der Waals surface area (Å²) in [6.07, 6.45) is 0. The Bertz CT molecular complexity index is 1030. The Hall–Kier alpha value is -2.10. The summed E-state index contributed by atoms with van der Waals surface area (Å²) in [6.45, 7) is 8.08. The molecule has 1 aromatic heterocycles. The highest BCUT2D eigenvalue weighted by Crippen LogP contribution is 2.47. The zero-order valence-electron chi connectivity index (χ0n) is 17.5. The molecule has 0 unspecified atom stereocenters. The minimum Gasteiger partial charge on any atom is -0.481 e. The SMILES string of the molecule is COc1cc(P(=O)(c2cc(C)cc(C)c2)c2cc(C)cc(C)c2)c(Br)c(OC)n1. The van der Waals surface area contributed by atoms with Crippen LogP contribution in [0.15, 0.2) is 46.9 Å². The van der Waals surface area contributed by atoms with Crippen LogP contribution in [-0.2, 0) is 4.57 Å². The van der Waals surface area contributed by atoms with E-state index in [-0.39, 0.29) is 0 Å². The number of hydrogen-bond acceptors (Lipinski definition) is 4. The lowest BCUT2D eigenvalue weighted by Gasteiger charge is -2.24. The third kappa shape index (κ3) is 4.12. The fourth-order valence-corrected chi connectivity index (χ4v) is 7.81. The molecule has 0 N–H and O–H groups in total. The molecule has 0 aliphatic heterocycles. The predicted octanol–water partition coefficient (Wildman–Crippen LogP) is 4.73. The molecule has 0 radical (unpaired) electrons. The van der Waals surface area contributed by atoms with E-state index in [0.717, 1.165) is 32.9 Å². The molecule has 0 fully saturated rings. The zero-order valence-corrected chi connectivity index (χ0v) is 20.0. The highest BCUT2D eigenvalue weighted by molar-refractivity contribution is 9.10. The van der Waals surface area contributed by atoms with Gasteiger partial charge in [0.05, 0.1) is 18.7 Å². The number of hydrogen-bond donors (Lipinski definition) is 0. The van der Waals surface area contributed by atoms with Gasteiger partial charge in [0.25, 0.3) is 0 Å². The topological polar surface area (TPSA) is 48.4 Å². The Morgan fingerprint density at radius 1 is 0.759 bits per heavy atom. The highest BCUT2D eigenvalue weighted by Gasteiger charge is 2.35. The van der Waals surface area contributed by atoms with Crippen molar-refractivity contribution in [3.05, 3.63) is 69.2 Å². The fraction of sp³-hybridized carbons (Fsp3) is 0.261. The Morgan fingerprint density at radius 3 is 1.59 bits per heavy atom. The number of nitrogens with zero attached hydrogens (tertiary/aromatic N) is 1. The van der Waals surface area contributed by atoms with Crippen molar-refractivity contribution in [3.8, 4) is 11.8 Å². The van der Waals surface area contributed by atoms with Gasteiger partial charge in [-0.25, -0.2) is 0 Å². The van der Waals surface area contributed by atoms with Gasteiger partial charge in [-0.1, -0.05) is 34.4 Å². The third-order valence-corrected chi connectivity index (χ3v) is 8.84. The Kier molecular flexibility index (Phi) is 6.21. The first-order valence-corrected chi connectivity index (χ1v) is 11.8. The van der Waals surface area contributed by atoms with Crippen molar-refractivity contribution in [1.82, 2.24) is 4.98 Å². The van der Waals surface area contributed by atoms with Gasteiger partial charge in [0.2, 0.25) is 11.8 Å². The van der Waals surface area contributed by atoms with Gasteiger partial charge in [-0.05, 0) is 67.9 Å². The van der Waals surface area contributed by atoms with E-state index in [0.29, 0.717) is 21.5 Å². The first-order valence-electron chi connectivity index (χ1n) is 9.26. The normalized spacial score (nSPS) is 11.4. The van der Waals surface area contributed by atoms with E-state index in [4.69, 9.17) is 9.47 Å². The molecule has 3 rings (SSSR count). The van der Waals surface area contributed by atoms with Crippen LogP contribution in [0.2, 0.25) is 0 Å². The first-order chi connectivity index (χ1) is 13.7. The Labute approximate surface area is 180 Å². The molecule has 0 saturated heterocycles. The van der Waals surface area contributed by atoms with E-state index in [1.54, 1.807) is 6.07 Å². The van der Waals surface area contributed by atoms with Gasteiger partial charge in [0.1, 0.15) is 0 Å². The smallest absolute Gasteiger partial charge is 0.231 e. The summed E-state index contributed by atoms with van der Waals surface area (Å²) < 4.78 is 26.4. The van der Waals surface area contributed by atoms with E-state index in [2.05, 4.69) is 33.0 Å². The lowest BCUT2D eigenvalue weighted by atomic mass is 10.2. The van der Waals surface area contributed by atoms with Gasteiger partial charge in [0.15, 0.2) is 7.14 Å². The second kappa shape index (κ2) is 8.33. The summed E-state index contributed by atoms with van der Waals surface area (Å²) >= 11 is 3.59. The van der Waals surface area contributed by atoms with Crippen LogP contribution in [0.3, 0.4) is 0 Å². The van der Waals surface area contributed by atoms with Crippen molar-refractivity contribution < 1.29 is 14.0 Å². The molecule has 0 atom stereocenters. The number of benzene rings is 2. The maximum Gasteiger partial charge on any atom is 0.231 e. The number of aryl methyl sites for hydroxylation is 4. The third-order valence-electron chi connectivity index (χ3n) is 4.77. The van der Waals surface area contributed by atoms with E-state index in [9.17, 15) is 0 Å². The van der Waals surface area contributed by atoms with Crippen molar-refractivity contribution in [2.45, 2.75) is 27.7 Å². The molecule has 0 aliphatic carbocycles. The van der Waals surface area contributed by atoms with Crippen LogP contribution in [0.4, 0.5) is 0 Å². The molecule has 2 aromatic carbocycles. The molecular formula is C23H25BrNO3P. The van der Waals surface area contributed by atoms with Crippen LogP contribution in [0.25, 0.3) is 0 Å². The van der Waals surface area contributed by atoms with Gasteiger partial charge >= 0.3 is 0 Å². The zero-order chi connectivity index (χ0) is 21.3. The molecule has 0 aliphatic rings. The van der Waals surface area contributed by atoms with E-state index in [1.807, 2.05) is 52.0 Å². The molecule has 6 heteroatoms. The molecule has 0 amide bonds. The molecule has 152 valence electrons. The summed E-state index contributed by atoms with van der Waals surface area (Å²) in [5.74, 6) is 0.697. The number of pyridine rings is 1. The van der Waals surface area contributed by atoms with Crippen molar-refractivity contribution in [1.29, 1.82) is 0 Å². The van der Waals surface area contributed by atoms with Crippen molar-refractivity contribution in [2.75, 3.05) is 14.2 Å². The van der Waals surface area contributed by atoms with Gasteiger partial charge in [-0.3, -0.25) is 0 Å². The van der Waals surface area contributed by atoms with Gasteiger partial charge in [0, 0.05) is 22.0 Å². The highest BCUT2D eigenvalue weighted by atomic mass is 79.9. The lowest BCUT2D eigenvalue weighted by molar-refractivity contribution is 0.363. The van der Waals surface area contributed by atoms with Crippen molar-refractivity contribution >= 4 is 39.0 Å². The summed E-state index contributed by atoms with van der Waals surface area (Å²) in [5, 5.41) is 2.16. The number of methoxy groups -OCH3 is 2. The van der Waals surface area contributed by atoms with Crippen LogP contribution < -0.4 is 25.4 Å². The summed E-state index contributed by atoms with van der Waals surface area (Å²) in [6, 6.07) is 13.9. The lowest BCUT2D eigenvalue weighted by Crippen LogP contribution is -2.27. The minimum atomic E-state index is -3.25. The number of halogens is 1. The number of ether oxygens (including phenoxy) is 2. The van der Waals surface area contributed by atoms with Crippen LogP contribution in [0.5, 0.6) is 11.8 Å². The second-order valence-electron chi connectivity index (χ2n) is 7.31. The monoisotopic (exact) mass is 473 g/mol. The Morgan fingerprint density at radius 2 is 1.21 bits per heavy atom. The van der Waals surface area contributed by atoms with Gasteiger partial charge in [-0.15, -0.1) is 0 Å². The minimum absolute atomic E-state index is 0.341. The second-order valence-corrected chi connectivity index (χ2v) is 10.8. The molecule has 3 aromatic rings. The van der Waals surface area contributed by atoms with E-state index in [1.165, 1.54) is 14.2 Å². The average molecular weight is 474 g/mol. The predicted molar refractivity (Wildman–Crippen MR) is 123 cm³/mol. The van der Waals surface area contributed by atoms with E-state index >= 15 is 4.57 Å². The first kappa shape index (κ1) is 21.6. The van der Waals surface area contributed by atoms with Crippen molar-refractivity contribution in [2.24, 2.45) is 0 Å². The number of aromatic nitrogens is 1. The molecular weight excluding hydrogens is 449 g/mol. The fourth-order valence-electron chi connectivity index (χ4n) is 3.63. The van der Waals surface area contributed by atoms with Crippen LogP contribution in [-0.4, -0.2) is 19.2 Å². The van der Waals surface area contributed by atoms with Crippen LogP contribution in [0, 0.1) is 27.7 Å².